The fraction of sp³-hybridized carbons (Fsp3) is 0.182. The monoisotopic (exact) mass is 401 g/mol. The van der Waals surface area contributed by atoms with Crippen LogP contribution in [0.25, 0.3) is 16.7 Å². The lowest BCUT2D eigenvalue weighted by molar-refractivity contribution is 0.0828. The minimum Gasteiger partial charge on any atom is -0.451 e. The first-order valence-electron chi connectivity index (χ1n) is 9.73. The van der Waals surface area contributed by atoms with Gasteiger partial charge in [0.1, 0.15) is 5.58 Å². The van der Waals surface area contributed by atoms with Crippen molar-refractivity contribution in [2.75, 3.05) is 0 Å². The van der Waals surface area contributed by atoms with Gasteiger partial charge in [0.25, 0.3) is 5.91 Å². The first kappa shape index (κ1) is 18.1. The number of aryl methyl sites for hydroxylation is 1. The average Bonchev–Trinajstić information content (AvgIpc) is 3.43. The first-order valence-corrected chi connectivity index (χ1v) is 9.73. The van der Waals surface area contributed by atoms with Gasteiger partial charge in [-0.3, -0.25) is 20.4 Å². The number of carbonyl (C=O) groups excluding carboxylic acids is 2. The molecular weight excluding hydrogens is 382 g/mol. The van der Waals surface area contributed by atoms with Crippen LogP contribution < -0.4 is 10.9 Å². The van der Waals surface area contributed by atoms with E-state index < -0.39 is 11.8 Å². The summed E-state index contributed by atoms with van der Waals surface area (Å²) in [5, 5.41) is 9.11. The van der Waals surface area contributed by atoms with Crippen molar-refractivity contribution >= 4 is 22.8 Å². The van der Waals surface area contributed by atoms with E-state index in [-0.39, 0.29) is 17.4 Å². The van der Waals surface area contributed by atoms with Crippen molar-refractivity contribution in [1.29, 1.82) is 0 Å². The number of amides is 2. The molecule has 8 heteroatoms. The summed E-state index contributed by atoms with van der Waals surface area (Å²) < 4.78 is 7.33. The first-order chi connectivity index (χ1) is 14.6. The number of nitrogens with one attached hydrogen (secondary N) is 2. The summed E-state index contributed by atoms with van der Waals surface area (Å²) in [5.74, 6) is -0.650. The van der Waals surface area contributed by atoms with E-state index in [2.05, 4.69) is 21.2 Å². The average molecular weight is 401 g/mol. The molecule has 0 aliphatic heterocycles. The highest BCUT2D eigenvalue weighted by atomic mass is 16.3. The SMILES string of the molecule is Cc1c(C(=O)NNC(=O)c2nnn(-c3ccccc3)c2C2CC2)oc2ccccc12. The molecule has 2 heterocycles. The maximum absolute atomic E-state index is 12.8. The van der Waals surface area contributed by atoms with Crippen molar-refractivity contribution in [1.82, 2.24) is 25.8 Å². The molecule has 1 saturated carbocycles. The van der Waals surface area contributed by atoms with E-state index in [1.165, 1.54) is 0 Å². The number of rotatable bonds is 4. The van der Waals surface area contributed by atoms with Crippen LogP contribution in [0.2, 0.25) is 0 Å². The molecule has 30 heavy (non-hydrogen) atoms. The summed E-state index contributed by atoms with van der Waals surface area (Å²) >= 11 is 0. The maximum atomic E-state index is 12.8. The maximum Gasteiger partial charge on any atom is 0.305 e. The Morgan fingerprint density at radius 3 is 2.43 bits per heavy atom. The molecule has 0 bridgehead atoms. The highest BCUT2D eigenvalue weighted by Gasteiger charge is 2.34. The van der Waals surface area contributed by atoms with Gasteiger partial charge in [0.05, 0.1) is 11.4 Å². The molecule has 0 spiro atoms. The Labute approximate surface area is 171 Å². The van der Waals surface area contributed by atoms with Crippen LogP contribution in [-0.4, -0.2) is 26.8 Å². The zero-order valence-electron chi connectivity index (χ0n) is 16.3. The van der Waals surface area contributed by atoms with Gasteiger partial charge in [-0.2, -0.15) is 0 Å². The number of nitrogens with zero attached hydrogens (tertiary/aromatic N) is 3. The number of hydrazine groups is 1. The molecule has 2 aromatic heterocycles. The molecule has 1 aliphatic carbocycles. The quantitative estimate of drug-likeness (QED) is 0.511. The fourth-order valence-corrected chi connectivity index (χ4v) is 3.55. The van der Waals surface area contributed by atoms with Crippen molar-refractivity contribution in [2.24, 2.45) is 0 Å². The van der Waals surface area contributed by atoms with Gasteiger partial charge in [-0.1, -0.05) is 41.6 Å². The van der Waals surface area contributed by atoms with Crippen LogP contribution in [0.15, 0.2) is 59.0 Å². The van der Waals surface area contributed by atoms with Crippen molar-refractivity contribution in [2.45, 2.75) is 25.7 Å². The van der Waals surface area contributed by atoms with Gasteiger partial charge in [0.15, 0.2) is 11.5 Å². The normalized spacial score (nSPS) is 13.4. The Morgan fingerprint density at radius 2 is 1.70 bits per heavy atom. The lowest BCUT2D eigenvalue weighted by Crippen LogP contribution is -2.42. The van der Waals surface area contributed by atoms with Crippen LogP contribution >= 0.6 is 0 Å². The third kappa shape index (κ3) is 3.12. The van der Waals surface area contributed by atoms with E-state index in [1.54, 1.807) is 17.7 Å². The minimum absolute atomic E-state index is 0.159. The van der Waals surface area contributed by atoms with Crippen molar-refractivity contribution < 1.29 is 14.0 Å². The molecule has 4 aromatic rings. The molecule has 0 atom stereocenters. The predicted molar refractivity (Wildman–Crippen MR) is 109 cm³/mol. The number of hydrogen-bond acceptors (Lipinski definition) is 5. The molecule has 2 aromatic carbocycles. The molecular formula is C22H19N5O3. The Bertz CT molecular complexity index is 1250. The highest BCUT2D eigenvalue weighted by molar-refractivity contribution is 6.01. The fourth-order valence-electron chi connectivity index (χ4n) is 3.55. The Hall–Kier alpha value is -3.94. The minimum atomic E-state index is -0.527. The summed E-state index contributed by atoms with van der Waals surface area (Å²) in [6, 6.07) is 16.9. The van der Waals surface area contributed by atoms with Gasteiger partial charge in [0.2, 0.25) is 0 Å². The topological polar surface area (TPSA) is 102 Å². The molecule has 0 radical (unpaired) electrons. The van der Waals surface area contributed by atoms with E-state index in [1.807, 2.05) is 48.5 Å². The lowest BCUT2D eigenvalue weighted by atomic mass is 10.1. The summed E-state index contributed by atoms with van der Waals surface area (Å²) in [6.07, 6.45) is 1.95. The second kappa shape index (κ2) is 7.14. The highest BCUT2D eigenvalue weighted by Crippen LogP contribution is 2.41. The number of benzene rings is 2. The summed E-state index contributed by atoms with van der Waals surface area (Å²) in [4.78, 5) is 25.3. The van der Waals surface area contributed by atoms with E-state index in [9.17, 15) is 9.59 Å². The molecule has 150 valence electrons. The van der Waals surface area contributed by atoms with E-state index >= 15 is 0 Å². The zero-order valence-corrected chi connectivity index (χ0v) is 16.3. The number of hydrogen-bond donors (Lipinski definition) is 2. The number of aromatic nitrogens is 3. The van der Waals surface area contributed by atoms with Gasteiger partial charge in [0, 0.05) is 16.9 Å². The van der Waals surface area contributed by atoms with Gasteiger partial charge in [-0.15, -0.1) is 5.10 Å². The third-order valence-electron chi connectivity index (χ3n) is 5.22. The van der Waals surface area contributed by atoms with Gasteiger partial charge in [-0.25, -0.2) is 4.68 Å². The summed E-state index contributed by atoms with van der Waals surface area (Å²) in [7, 11) is 0. The number of furan rings is 1. The van der Waals surface area contributed by atoms with Crippen LogP contribution in [-0.2, 0) is 0 Å². The molecule has 0 saturated heterocycles. The largest absolute Gasteiger partial charge is 0.451 e. The Kier molecular flexibility index (Phi) is 4.31. The van der Waals surface area contributed by atoms with Gasteiger partial charge < -0.3 is 4.42 Å². The van der Waals surface area contributed by atoms with Crippen LogP contribution in [0.3, 0.4) is 0 Å². The molecule has 2 amide bonds. The Morgan fingerprint density at radius 1 is 1.00 bits per heavy atom. The Balaban J connectivity index is 1.36. The lowest BCUT2D eigenvalue weighted by Gasteiger charge is -2.08. The van der Waals surface area contributed by atoms with Gasteiger partial charge in [-0.05, 0) is 38.0 Å². The summed E-state index contributed by atoms with van der Waals surface area (Å²) in [6.45, 7) is 1.80. The molecule has 0 unspecified atom stereocenters. The van der Waals surface area contributed by atoms with Crippen molar-refractivity contribution in [3.63, 3.8) is 0 Å². The second-order valence-electron chi connectivity index (χ2n) is 7.31. The van der Waals surface area contributed by atoms with Crippen molar-refractivity contribution in [3.05, 3.63) is 77.3 Å². The van der Waals surface area contributed by atoms with Gasteiger partial charge >= 0.3 is 5.91 Å². The van der Waals surface area contributed by atoms with Crippen LogP contribution in [0, 0.1) is 6.92 Å². The molecule has 2 N–H and O–H groups in total. The molecule has 1 aliphatic rings. The van der Waals surface area contributed by atoms with Crippen LogP contribution in [0.5, 0.6) is 0 Å². The third-order valence-corrected chi connectivity index (χ3v) is 5.22. The second-order valence-corrected chi connectivity index (χ2v) is 7.31. The van der Waals surface area contributed by atoms with Crippen LogP contribution in [0.1, 0.15) is 51.1 Å². The number of carbonyl (C=O) groups is 2. The zero-order chi connectivity index (χ0) is 20.7. The predicted octanol–water partition coefficient (Wildman–Crippen LogP) is 3.27. The molecule has 8 nitrogen and oxygen atoms in total. The standard InChI is InChI=1S/C22H19N5O3/c1-13-16-9-5-6-10-17(16)30-20(13)22(29)25-24-21(28)18-19(14-11-12-14)27(26-23-18)15-7-3-2-4-8-15/h2-10,14H,11-12H2,1H3,(H,24,28)(H,25,29). The smallest absolute Gasteiger partial charge is 0.305 e. The van der Waals surface area contributed by atoms with Crippen molar-refractivity contribution in [3.8, 4) is 5.69 Å². The molecule has 5 rings (SSSR count). The summed E-state index contributed by atoms with van der Waals surface area (Å²) in [5.41, 5.74) is 8.01. The van der Waals surface area contributed by atoms with Crippen LogP contribution in [0.4, 0.5) is 0 Å². The van der Waals surface area contributed by atoms with E-state index in [0.717, 1.165) is 29.6 Å². The van der Waals surface area contributed by atoms with E-state index in [0.29, 0.717) is 11.1 Å². The van der Waals surface area contributed by atoms with E-state index in [4.69, 9.17) is 4.42 Å². The number of fused-ring (bicyclic) bond motifs is 1. The molecule has 1 fully saturated rings. The number of para-hydroxylation sites is 2.